The lowest BCUT2D eigenvalue weighted by Gasteiger charge is -2.11. The highest BCUT2D eigenvalue weighted by molar-refractivity contribution is 7.99. The maximum Gasteiger partial charge on any atom is 0.340 e. The van der Waals surface area contributed by atoms with E-state index in [9.17, 15) is 18.4 Å². The predicted molar refractivity (Wildman–Crippen MR) is 62.4 cm³/mol. The van der Waals surface area contributed by atoms with Crippen LogP contribution in [0.5, 0.6) is 0 Å². The Morgan fingerprint density at radius 2 is 1.94 bits per heavy atom. The van der Waals surface area contributed by atoms with Crippen molar-refractivity contribution in [3.05, 3.63) is 29.8 Å². The Balaban J connectivity index is 2.88. The number of hydrogen-bond donors (Lipinski definition) is 1. The molecule has 18 heavy (non-hydrogen) atoms. The number of primary amides is 1. The number of esters is 1. The quantitative estimate of drug-likeness (QED) is 0.659. The Kier molecular flexibility index (Phi) is 5.08. The van der Waals surface area contributed by atoms with Crippen molar-refractivity contribution in [2.45, 2.75) is 23.7 Å². The molecule has 0 aromatic heterocycles. The summed E-state index contributed by atoms with van der Waals surface area (Å²) in [5.41, 5.74) is 4.92. The summed E-state index contributed by atoms with van der Waals surface area (Å²) in [6.45, 7) is 1.31. The number of carbonyl (C=O) groups excluding carboxylic acids is 2. The zero-order chi connectivity index (χ0) is 13.7. The molecule has 7 heteroatoms. The van der Waals surface area contributed by atoms with Gasteiger partial charge in [0.05, 0.1) is 5.56 Å². The molecule has 0 saturated heterocycles. The first-order chi connectivity index (χ1) is 8.41. The van der Waals surface area contributed by atoms with Gasteiger partial charge in [-0.15, -0.1) is 0 Å². The number of thioether (sulfide) groups is 1. The van der Waals surface area contributed by atoms with Crippen LogP contribution in [0, 0.1) is 0 Å². The normalized spacial score (nSPS) is 12.2. The molecule has 1 amide bonds. The van der Waals surface area contributed by atoms with Crippen molar-refractivity contribution >= 4 is 23.6 Å². The van der Waals surface area contributed by atoms with Crippen molar-refractivity contribution in [1.82, 2.24) is 0 Å². The minimum atomic E-state index is -2.65. The monoisotopic (exact) mass is 275 g/mol. The third-order valence-corrected chi connectivity index (χ3v) is 2.80. The average Bonchev–Trinajstić information content (AvgIpc) is 2.28. The van der Waals surface area contributed by atoms with Gasteiger partial charge in [-0.3, -0.25) is 4.79 Å². The Hall–Kier alpha value is -1.63. The van der Waals surface area contributed by atoms with Crippen LogP contribution in [0.1, 0.15) is 17.3 Å². The number of ether oxygens (including phenoxy) is 1. The van der Waals surface area contributed by atoms with Crippen molar-refractivity contribution in [1.29, 1.82) is 0 Å². The fraction of sp³-hybridized carbons (Fsp3) is 0.273. The highest BCUT2D eigenvalue weighted by Crippen LogP contribution is 2.28. The number of nitrogens with two attached hydrogens (primary N) is 1. The molecule has 0 fully saturated rings. The van der Waals surface area contributed by atoms with E-state index in [1.54, 1.807) is 0 Å². The van der Waals surface area contributed by atoms with Gasteiger partial charge >= 0.3 is 5.97 Å². The van der Waals surface area contributed by atoms with Gasteiger partial charge in [-0.2, -0.15) is 8.78 Å². The van der Waals surface area contributed by atoms with Crippen LogP contribution in [0.25, 0.3) is 0 Å². The van der Waals surface area contributed by atoms with Crippen molar-refractivity contribution in [2.75, 3.05) is 0 Å². The molecule has 98 valence electrons. The molecule has 1 aromatic rings. The van der Waals surface area contributed by atoms with Gasteiger partial charge in [0.1, 0.15) is 0 Å². The molecule has 0 aliphatic rings. The van der Waals surface area contributed by atoms with Gasteiger partial charge in [-0.1, -0.05) is 23.9 Å². The van der Waals surface area contributed by atoms with Gasteiger partial charge in [0.2, 0.25) is 0 Å². The molecule has 1 atom stereocenters. The SMILES string of the molecule is C[C@@H](OC(=O)c1ccccc1SC(F)F)C(N)=O. The second-order valence-corrected chi connectivity index (χ2v) is 4.36. The fourth-order valence-electron chi connectivity index (χ4n) is 1.12. The summed E-state index contributed by atoms with van der Waals surface area (Å²) in [4.78, 5) is 22.5. The summed E-state index contributed by atoms with van der Waals surface area (Å²) in [5, 5.41) is 0. The van der Waals surface area contributed by atoms with Crippen LogP contribution in [0.15, 0.2) is 29.2 Å². The first-order valence-corrected chi connectivity index (χ1v) is 5.84. The fourth-order valence-corrected chi connectivity index (χ4v) is 1.74. The number of hydrogen-bond acceptors (Lipinski definition) is 4. The Morgan fingerprint density at radius 3 is 2.50 bits per heavy atom. The summed E-state index contributed by atoms with van der Waals surface area (Å²) in [7, 11) is 0. The summed E-state index contributed by atoms with van der Waals surface area (Å²) < 4.78 is 29.3. The van der Waals surface area contributed by atoms with Gasteiger partial charge in [0.25, 0.3) is 11.7 Å². The molecule has 0 aliphatic heterocycles. The molecule has 1 rings (SSSR count). The van der Waals surface area contributed by atoms with Crippen LogP contribution in [-0.4, -0.2) is 23.7 Å². The second-order valence-electron chi connectivity index (χ2n) is 3.32. The van der Waals surface area contributed by atoms with Crippen molar-refractivity contribution in [3.8, 4) is 0 Å². The number of rotatable bonds is 5. The van der Waals surface area contributed by atoms with Gasteiger partial charge < -0.3 is 10.5 Å². The molecule has 0 aliphatic carbocycles. The molecule has 0 bridgehead atoms. The summed E-state index contributed by atoms with van der Waals surface area (Å²) in [6, 6.07) is 5.77. The standard InChI is InChI=1S/C11H11F2NO3S/c1-6(9(14)15)17-10(16)7-4-2-3-5-8(7)18-11(12)13/h2-6,11H,1H3,(H2,14,15)/t6-/m1/s1. The van der Waals surface area contributed by atoms with E-state index in [0.29, 0.717) is 0 Å². The summed E-state index contributed by atoms with van der Waals surface area (Å²) >= 11 is 0.239. The largest absolute Gasteiger partial charge is 0.449 e. The first kappa shape index (κ1) is 14.4. The molecule has 0 unspecified atom stereocenters. The molecule has 0 spiro atoms. The predicted octanol–water partition coefficient (Wildman–Crippen LogP) is 2.03. The molecular weight excluding hydrogens is 264 g/mol. The molecule has 2 N–H and O–H groups in total. The summed E-state index contributed by atoms with van der Waals surface area (Å²) in [5.74, 6) is -4.31. The highest BCUT2D eigenvalue weighted by atomic mass is 32.2. The van der Waals surface area contributed by atoms with Crippen LogP contribution >= 0.6 is 11.8 Å². The van der Waals surface area contributed by atoms with Crippen LogP contribution in [0.2, 0.25) is 0 Å². The summed E-state index contributed by atoms with van der Waals surface area (Å²) in [6.07, 6.45) is -1.11. The number of alkyl halides is 2. The average molecular weight is 275 g/mol. The molecule has 1 aromatic carbocycles. The third-order valence-electron chi connectivity index (χ3n) is 2.01. The number of amides is 1. The highest BCUT2D eigenvalue weighted by Gasteiger charge is 2.20. The van der Waals surface area contributed by atoms with Crippen molar-refractivity contribution in [3.63, 3.8) is 0 Å². The van der Waals surface area contributed by atoms with E-state index in [1.807, 2.05) is 0 Å². The minimum Gasteiger partial charge on any atom is -0.449 e. The van der Waals surface area contributed by atoms with E-state index in [-0.39, 0.29) is 22.2 Å². The van der Waals surface area contributed by atoms with Crippen LogP contribution in [0.3, 0.4) is 0 Å². The lowest BCUT2D eigenvalue weighted by atomic mass is 10.2. The van der Waals surface area contributed by atoms with Crippen LogP contribution in [0.4, 0.5) is 8.78 Å². The zero-order valence-electron chi connectivity index (χ0n) is 9.43. The smallest absolute Gasteiger partial charge is 0.340 e. The van der Waals surface area contributed by atoms with Crippen molar-refractivity contribution in [2.24, 2.45) is 5.73 Å². The number of benzene rings is 1. The zero-order valence-corrected chi connectivity index (χ0v) is 10.2. The maximum absolute atomic E-state index is 12.3. The van der Waals surface area contributed by atoms with Gasteiger partial charge in [-0.05, 0) is 19.1 Å². The number of carbonyl (C=O) groups is 2. The Morgan fingerprint density at radius 1 is 1.33 bits per heavy atom. The van der Waals surface area contributed by atoms with Crippen LogP contribution < -0.4 is 5.73 Å². The maximum atomic E-state index is 12.3. The van der Waals surface area contributed by atoms with E-state index in [0.717, 1.165) is 0 Å². The van der Waals surface area contributed by atoms with Gasteiger partial charge in [-0.25, -0.2) is 4.79 Å². The van der Waals surface area contributed by atoms with E-state index < -0.39 is 23.7 Å². The number of halogens is 2. The first-order valence-electron chi connectivity index (χ1n) is 4.96. The lowest BCUT2D eigenvalue weighted by Crippen LogP contribution is -2.30. The van der Waals surface area contributed by atoms with Gasteiger partial charge in [0, 0.05) is 4.90 Å². The van der Waals surface area contributed by atoms with Gasteiger partial charge in [0.15, 0.2) is 6.10 Å². The van der Waals surface area contributed by atoms with Crippen LogP contribution in [-0.2, 0) is 9.53 Å². The molecule has 0 heterocycles. The molecular formula is C11H11F2NO3S. The topological polar surface area (TPSA) is 69.4 Å². The molecule has 4 nitrogen and oxygen atoms in total. The Labute approximate surface area is 106 Å². The Bertz CT molecular complexity index is 454. The van der Waals surface area contributed by atoms with E-state index in [4.69, 9.17) is 10.5 Å². The molecule has 0 radical (unpaired) electrons. The molecule has 0 saturated carbocycles. The van der Waals surface area contributed by atoms with E-state index in [2.05, 4.69) is 0 Å². The third kappa shape index (κ3) is 3.99. The second kappa shape index (κ2) is 6.34. The minimum absolute atomic E-state index is 0.0177. The van der Waals surface area contributed by atoms with E-state index >= 15 is 0 Å². The van der Waals surface area contributed by atoms with Crippen molar-refractivity contribution < 1.29 is 23.1 Å². The van der Waals surface area contributed by atoms with E-state index in [1.165, 1.54) is 31.2 Å². The lowest BCUT2D eigenvalue weighted by molar-refractivity contribution is -0.125.